The Morgan fingerprint density at radius 1 is 1.04 bits per heavy atom. The summed E-state index contributed by atoms with van der Waals surface area (Å²) < 4.78 is 4.87. The molecule has 146 valence electrons. The number of aliphatic carboxylic acids is 2. The number of Topliss-reactive ketones (excluding diaryl/α,β-unsaturated/α-hetero) is 1. The third-order valence-corrected chi connectivity index (χ3v) is 4.92. The molecular weight excluding hydrogens is 366 g/mol. The fourth-order valence-electron chi connectivity index (χ4n) is 3.38. The Kier molecular flexibility index (Phi) is 4.76. The molecule has 28 heavy (non-hydrogen) atoms. The molecule has 9 nitrogen and oxygen atoms in total. The number of nitrogens with zero attached hydrogens (tertiary/aromatic N) is 1. The minimum atomic E-state index is -2.51. The largest absolute Gasteiger partial charge is 0.479 e. The van der Waals surface area contributed by atoms with Crippen molar-refractivity contribution in [1.82, 2.24) is 0 Å². The van der Waals surface area contributed by atoms with Gasteiger partial charge in [-0.15, -0.1) is 0 Å². The standard InChI is InChI=1S/C19H19N3O6/c1-28-7-6-22-14-15(23)19(21,17(26)27)13-9-11-5-3-2-4-10(11)8-12(13)18(14,20)16(24)25/h2-5,8-9H,6-7,20-21H2,1H3,(H,24,25)(H,26,27). The smallest absolute Gasteiger partial charge is 0.336 e. The number of benzene rings is 2. The number of ketones is 1. The van der Waals surface area contributed by atoms with Crippen molar-refractivity contribution in [2.24, 2.45) is 16.5 Å². The number of carbonyl (C=O) groups is 3. The lowest BCUT2D eigenvalue weighted by Gasteiger charge is -2.40. The van der Waals surface area contributed by atoms with Gasteiger partial charge in [0.25, 0.3) is 0 Å². The molecule has 2 aromatic rings. The Labute approximate surface area is 159 Å². The Morgan fingerprint density at radius 2 is 1.54 bits per heavy atom. The van der Waals surface area contributed by atoms with Crippen LogP contribution in [0.5, 0.6) is 0 Å². The summed E-state index contributed by atoms with van der Waals surface area (Å²) in [7, 11) is 1.40. The molecule has 1 aliphatic rings. The normalized spacial score (nSPS) is 25.7. The molecule has 0 aromatic heterocycles. The Bertz CT molecular complexity index is 1030. The van der Waals surface area contributed by atoms with Crippen LogP contribution in [-0.2, 0) is 30.2 Å². The molecule has 0 bridgehead atoms. The van der Waals surface area contributed by atoms with Crippen LogP contribution in [-0.4, -0.2) is 53.9 Å². The number of hydrogen-bond donors (Lipinski definition) is 4. The number of aliphatic imine (C=N–C) groups is 1. The van der Waals surface area contributed by atoms with E-state index in [2.05, 4.69) is 4.99 Å². The molecular formula is C19H19N3O6. The van der Waals surface area contributed by atoms with E-state index >= 15 is 0 Å². The molecule has 1 aliphatic carbocycles. The van der Waals surface area contributed by atoms with Gasteiger partial charge in [-0.2, -0.15) is 0 Å². The first-order chi connectivity index (χ1) is 13.2. The molecule has 2 unspecified atom stereocenters. The highest BCUT2D eigenvalue weighted by Crippen LogP contribution is 2.40. The van der Waals surface area contributed by atoms with Crippen molar-refractivity contribution in [3.63, 3.8) is 0 Å². The van der Waals surface area contributed by atoms with Gasteiger partial charge in [0.05, 0.1) is 13.2 Å². The van der Waals surface area contributed by atoms with Crippen LogP contribution >= 0.6 is 0 Å². The topological polar surface area (TPSA) is 165 Å². The van der Waals surface area contributed by atoms with Gasteiger partial charge in [0, 0.05) is 7.11 Å². The van der Waals surface area contributed by atoms with Crippen molar-refractivity contribution >= 4 is 34.2 Å². The second kappa shape index (κ2) is 6.79. The van der Waals surface area contributed by atoms with Crippen molar-refractivity contribution in [1.29, 1.82) is 0 Å². The first-order valence-corrected chi connectivity index (χ1v) is 8.36. The van der Waals surface area contributed by atoms with E-state index in [-0.39, 0.29) is 24.3 Å². The summed E-state index contributed by atoms with van der Waals surface area (Å²) in [5.41, 5.74) is 6.53. The van der Waals surface area contributed by atoms with Gasteiger partial charge in [0.15, 0.2) is 5.54 Å². The van der Waals surface area contributed by atoms with E-state index in [1.54, 1.807) is 24.3 Å². The number of carboxylic acid groups (broad SMARTS) is 2. The van der Waals surface area contributed by atoms with E-state index < -0.39 is 34.5 Å². The predicted octanol–water partition coefficient (Wildman–Crippen LogP) is -0.0129. The van der Waals surface area contributed by atoms with Crippen molar-refractivity contribution < 1.29 is 29.3 Å². The predicted molar refractivity (Wildman–Crippen MR) is 100 cm³/mol. The molecule has 0 heterocycles. The average Bonchev–Trinajstić information content (AvgIpc) is 2.67. The molecule has 0 fully saturated rings. The molecule has 0 saturated carbocycles. The third kappa shape index (κ3) is 2.60. The van der Waals surface area contributed by atoms with Crippen LogP contribution < -0.4 is 11.5 Å². The van der Waals surface area contributed by atoms with Gasteiger partial charge in [-0.1, -0.05) is 24.3 Å². The van der Waals surface area contributed by atoms with Crippen molar-refractivity contribution in [2.75, 3.05) is 20.3 Å². The SMILES string of the molecule is COCCN=C1C(=O)C(N)(C(=O)O)c2cc3ccccc3cc2C1(N)C(=O)O. The van der Waals surface area contributed by atoms with Crippen LogP contribution in [0, 0.1) is 0 Å². The maximum atomic E-state index is 13.1. The number of ether oxygens (including phenoxy) is 1. The zero-order valence-electron chi connectivity index (χ0n) is 15.0. The van der Waals surface area contributed by atoms with Crippen LogP contribution in [0.4, 0.5) is 0 Å². The molecule has 3 rings (SSSR count). The van der Waals surface area contributed by atoms with Crippen molar-refractivity contribution in [2.45, 2.75) is 11.1 Å². The van der Waals surface area contributed by atoms with Gasteiger partial charge in [-0.3, -0.25) is 9.79 Å². The minimum Gasteiger partial charge on any atom is -0.479 e. The number of fused-ring (bicyclic) bond motifs is 2. The first-order valence-electron chi connectivity index (χ1n) is 8.36. The zero-order valence-corrected chi connectivity index (χ0v) is 15.0. The second-order valence-corrected chi connectivity index (χ2v) is 6.52. The summed E-state index contributed by atoms with van der Waals surface area (Å²) in [5.74, 6) is -4.33. The monoisotopic (exact) mass is 385 g/mol. The lowest BCUT2D eigenvalue weighted by Crippen LogP contribution is -2.68. The van der Waals surface area contributed by atoms with Crippen LogP contribution in [0.2, 0.25) is 0 Å². The molecule has 0 aliphatic heterocycles. The van der Waals surface area contributed by atoms with E-state index in [1.807, 2.05) is 0 Å². The molecule has 0 radical (unpaired) electrons. The van der Waals surface area contributed by atoms with E-state index in [9.17, 15) is 24.6 Å². The summed E-state index contributed by atoms with van der Waals surface area (Å²) in [6, 6.07) is 9.72. The lowest BCUT2D eigenvalue weighted by molar-refractivity contribution is -0.149. The van der Waals surface area contributed by atoms with Gasteiger partial charge in [-0.25, -0.2) is 9.59 Å². The van der Waals surface area contributed by atoms with Gasteiger partial charge in [-0.05, 0) is 34.0 Å². The molecule has 0 saturated heterocycles. The van der Waals surface area contributed by atoms with Gasteiger partial charge in [0.2, 0.25) is 11.3 Å². The number of carboxylic acids is 2. The average molecular weight is 385 g/mol. The van der Waals surface area contributed by atoms with Gasteiger partial charge in [0.1, 0.15) is 5.71 Å². The van der Waals surface area contributed by atoms with Gasteiger partial charge >= 0.3 is 11.9 Å². The summed E-state index contributed by atoms with van der Waals surface area (Å²) in [5, 5.41) is 20.9. The fourth-order valence-corrected chi connectivity index (χ4v) is 3.38. The quantitative estimate of drug-likeness (QED) is 0.412. The highest BCUT2D eigenvalue weighted by Gasteiger charge is 2.61. The Morgan fingerprint density at radius 3 is 2.00 bits per heavy atom. The van der Waals surface area contributed by atoms with Gasteiger partial charge < -0.3 is 26.4 Å². The maximum absolute atomic E-state index is 13.1. The lowest BCUT2D eigenvalue weighted by atomic mass is 9.66. The number of carbonyl (C=O) groups excluding carboxylic acids is 1. The highest BCUT2D eigenvalue weighted by atomic mass is 16.5. The maximum Gasteiger partial charge on any atom is 0.336 e. The number of hydrogen-bond acceptors (Lipinski definition) is 7. The number of methoxy groups -OCH3 is 1. The van der Waals surface area contributed by atoms with Crippen LogP contribution in [0.3, 0.4) is 0 Å². The third-order valence-electron chi connectivity index (χ3n) is 4.92. The number of rotatable bonds is 5. The Balaban J connectivity index is 2.43. The van der Waals surface area contributed by atoms with Crippen LogP contribution in [0.25, 0.3) is 10.8 Å². The summed E-state index contributed by atoms with van der Waals surface area (Å²) >= 11 is 0. The van der Waals surface area contributed by atoms with E-state index in [4.69, 9.17) is 16.2 Å². The van der Waals surface area contributed by atoms with Crippen LogP contribution in [0.15, 0.2) is 41.4 Å². The van der Waals surface area contributed by atoms with E-state index in [0.29, 0.717) is 10.8 Å². The fraction of sp³-hybridized carbons (Fsp3) is 0.263. The molecule has 6 N–H and O–H groups in total. The summed E-state index contributed by atoms with van der Waals surface area (Å²) in [4.78, 5) is 41.3. The zero-order chi connectivity index (χ0) is 20.7. The number of nitrogens with two attached hydrogens (primary N) is 2. The van der Waals surface area contributed by atoms with Crippen LogP contribution in [0.1, 0.15) is 11.1 Å². The summed E-state index contributed by atoms with van der Waals surface area (Å²) in [6.07, 6.45) is 0. The molecule has 2 aromatic carbocycles. The van der Waals surface area contributed by atoms with Crippen molar-refractivity contribution in [3.8, 4) is 0 Å². The van der Waals surface area contributed by atoms with E-state index in [0.717, 1.165) is 0 Å². The molecule has 0 spiro atoms. The minimum absolute atomic E-state index is 0.0809. The second-order valence-electron chi connectivity index (χ2n) is 6.52. The molecule has 0 amide bonds. The van der Waals surface area contributed by atoms with Crippen molar-refractivity contribution in [3.05, 3.63) is 47.5 Å². The van der Waals surface area contributed by atoms with E-state index in [1.165, 1.54) is 19.2 Å². The first kappa shape index (κ1) is 19.6. The highest BCUT2D eigenvalue weighted by molar-refractivity contribution is 6.53. The summed E-state index contributed by atoms with van der Waals surface area (Å²) in [6.45, 7) is 0.00408. The molecule has 2 atom stereocenters. The Hall–Kier alpha value is -3.14. The molecule has 9 heteroatoms.